The van der Waals surface area contributed by atoms with Crippen LogP contribution >= 0.6 is 0 Å². The molecule has 0 bridgehead atoms. The molecule has 0 aliphatic heterocycles. The van der Waals surface area contributed by atoms with E-state index >= 15 is 0 Å². The van der Waals surface area contributed by atoms with Gasteiger partial charge in [0.15, 0.2) is 0 Å². The molecule has 0 spiro atoms. The average molecular weight is 244 g/mol. The Morgan fingerprint density at radius 1 is 1.22 bits per heavy atom. The first-order valence-corrected chi connectivity index (χ1v) is 5.89. The highest BCUT2D eigenvalue weighted by molar-refractivity contribution is 5.59. The first-order chi connectivity index (χ1) is 8.54. The lowest BCUT2D eigenvalue weighted by atomic mass is 10.1. The molecular formula is C14H16N2O2. The van der Waals surface area contributed by atoms with E-state index in [1.54, 1.807) is 0 Å². The van der Waals surface area contributed by atoms with Gasteiger partial charge in [0.2, 0.25) is 0 Å². The van der Waals surface area contributed by atoms with Gasteiger partial charge in [0.25, 0.3) is 0 Å². The van der Waals surface area contributed by atoms with Gasteiger partial charge in [0.1, 0.15) is 5.75 Å². The van der Waals surface area contributed by atoms with Gasteiger partial charge < -0.3 is 9.72 Å². The normalized spacial score (nSPS) is 10.7. The number of rotatable bonds is 3. The Labute approximate surface area is 106 Å². The lowest BCUT2D eigenvalue weighted by Crippen LogP contribution is -2.11. The van der Waals surface area contributed by atoms with Gasteiger partial charge in [-0.25, -0.2) is 4.79 Å². The molecule has 0 atom stereocenters. The Morgan fingerprint density at radius 3 is 2.44 bits per heavy atom. The second kappa shape index (κ2) is 5.04. The van der Waals surface area contributed by atoms with Crippen LogP contribution in [0, 0.1) is 6.92 Å². The number of aryl methyl sites for hydroxylation is 1. The highest BCUT2D eigenvalue weighted by atomic mass is 16.5. The SMILES string of the molecule is Cc1cc(-c2ccc(OC(C)C)cc2)nc(=O)[nH]1. The van der Waals surface area contributed by atoms with Crippen molar-refractivity contribution >= 4 is 0 Å². The monoisotopic (exact) mass is 244 g/mol. The van der Waals surface area contributed by atoms with Crippen LogP contribution in [-0.2, 0) is 0 Å². The van der Waals surface area contributed by atoms with Crippen LogP contribution in [0.5, 0.6) is 5.75 Å². The summed E-state index contributed by atoms with van der Waals surface area (Å²) in [7, 11) is 0. The maximum Gasteiger partial charge on any atom is 0.345 e. The van der Waals surface area contributed by atoms with Crippen LogP contribution in [0.4, 0.5) is 0 Å². The minimum Gasteiger partial charge on any atom is -0.491 e. The summed E-state index contributed by atoms with van der Waals surface area (Å²) < 4.78 is 5.56. The molecule has 0 unspecified atom stereocenters. The van der Waals surface area contributed by atoms with Crippen molar-refractivity contribution in [1.82, 2.24) is 9.97 Å². The van der Waals surface area contributed by atoms with E-state index in [4.69, 9.17) is 4.74 Å². The van der Waals surface area contributed by atoms with E-state index in [9.17, 15) is 4.79 Å². The Hall–Kier alpha value is -2.10. The van der Waals surface area contributed by atoms with Gasteiger partial charge in [-0.05, 0) is 51.1 Å². The zero-order chi connectivity index (χ0) is 13.1. The highest BCUT2D eigenvalue weighted by Gasteiger charge is 2.03. The molecule has 1 heterocycles. The highest BCUT2D eigenvalue weighted by Crippen LogP contribution is 2.20. The van der Waals surface area contributed by atoms with E-state index in [2.05, 4.69) is 9.97 Å². The Morgan fingerprint density at radius 2 is 1.89 bits per heavy atom. The van der Waals surface area contributed by atoms with Crippen molar-refractivity contribution in [2.24, 2.45) is 0 Å². The molecule has 1 aromatic carbocycles. The van der Waals surface area contributed by atoms with Crippen molar-refractivity contribution in [3.63, 3.8) is 0 Å². The zero-order valence-electron chi connectivity index (χ0n) is 10.7. The third-order valence-corrected chi connectivity index (χ3v) is 2.40. The predicted molar refractivity (Wildman–Crippen MR) is 70.8 cm³/mol. The Kier molecular flexibility index (Phi) is 3.46. The van der Waals surface area contributed by atoms with Crippen LogP contribution in [-0.4, -0.2) is 16.1 Å². The second-order valence-corrected chi connectivity index (χ2v) is 4.45. The van der Waals surface area contributed by atoms with Crippen LogP contribution < -0.4 is 10.4 Å². The van der Waals surface area contributed by atoms with Gasteiger partial charge in [-0.3, -0.25) is 0 Å². The number of aromatic amines is 1. The number of ether oxygens (including phenoxy) is 1. The van der Waals surface area contributed by atoms with Gasteiger partial charge >= 0.3 is 5.69 Å². The van der Waals surface area contributed by atoms with Gasteiger partial charge in [-0.2, -0.15) is 4.98 Å². The summed E-state index contributed by atoms with van der Waals surface area (Å²) in [5, 5.41) is 0. The number of hydrogen-bond donors (Lipinski definition) is 1. The maximum absolute atomic E-state index is 11.3. The summed E-state index contributed by atoms with van der Waals surface area (Å²) in [5.41, 5.74) is 2.05. The van der Waals surface area contributed by atoms with Crippen molar-refractivity contribution in [2.45, 2.75) is 26.9 Å². The van der Waals surface area contributed by atoms with Crippen LogP contribution in [0.2, 0.25) is 0 Å². The molecule has 0 amide bonds. The minimum absolute atomic E-state index is 0.149. The molecular weight excluding hydrogens is 228 g/mol. The van der Waals surface area contributed by atoms with Gasteiger partial charge in [-0.15, -0.1) is 0 Å². The first-order valence-electron chi connectivity index (χ1n) is 5.89. The molecule has 0 saturated carbocycles. The van der Waals surface area contributed by atoms with Crippen LogP contribution in [0.25, 0.3) is 11.3 Å². The Balaban J connectivity index is 2.31. The summed E-state index contributed by atoms with van der Waals surface area (Å²) in [6.07, 6.45) is 0.149. The van der Waals surface area contributed by atoms with E-state index in [1.807, 2.05) is 51.1 Å². The lowest BCUT2D eigenvalue weighted by molar-refractivity contribution is 0.242. The van der Waals surface area contributed by atoms with Crippen molar-refractivity contribution in [3.05, 3.63) is 46.5 Å². The summed E-state index contributed by atoms with van der Waals surface area (Å²) in [6.45, 7) is 5.80. The van der Waals surface area contributed by atoms with E-state index in [0.717, 1.165) is 17.0 Å². The third-order valence-electron chi connectivity index (χ3n) is 2.40. The topological polar surface area (TPSA) is 55.0 Å². The van der Waals surface area contributed by atoms with Crippen molar-refractivity contribution in [2.75, 3.05) is 0 Å². The second-order valence-electron chi connectivity index (χ2n) is 4.45. The largest absolute Gasteiger partial charge is 0.491 e. The van der Waals surface area contributed by atoms with Crippen molar-refractivity contribution in [1.29, 1.82) is 0 Å². The molecule has 94 valence electrons. The molecule has 4 nitrogen and oxygen atoms in total. The van der Waals surface area contributed by atoms with Crippen molar-refractivity contribution < 1.29 is 4.74 Å². The fraction of sp³-hybridized carbons (Fsp3) is 0.286. The molecule has 2 aromatic rings. The third kappa shape index (κ3) is 2.97. The van der Waals surface area contributed by atoms with Crippen LogP contribution in [0.3, 0.4) is 0 Å². The predicted octanol–water partition coefficient (Wildman–Crippen LogP) is 2.53. The van der Waals surface area contributed by atoms with Gasteiger partial charge in [0, 0.05) is 11.3 Å². The Bertz CT molecular complexity index is 585. The number of hydrogen-bond acceptors (Lipinski definition) is 3. The summed E-state index contributed by atoms with van der Waals surface area (Å²) in [4.78, 5) is 17.9. The number of nitrogens with one attached hydrogen (secondary N) is 1. The average Bonchev–Trinajstić information content (AvgIpc) is 2.27. The van der Waals surface area contributed by atoms with E-state index in [1.165, 1.54) is 0 Å². The number of H-pyrrole nitrogens is 1. The van der Waals surface area contributed by atoms with Crippen molar-refractivity contribution in [3.8, 4) is 17.0 Å². The fourth-order valence-corrected chi connectivity index (χ4v) is 1.70. The molecule has 0 aliphatic rings. The molecule has 2 rings (SSSR count). The lowest BCUT2D eigenvalue weighted by Gasteiger charge is -2.09. The standard InChI is InChI=1S/C14H16N2O2/c1-9(2)18-12-6-4-11(5-7-12)13-8-10(3)15-14(17)16-13/h4-9H,1-3H3,(H,15,16,17). The van der Waals surface area contributed by atoms with E-state index < -0.39 is 0 Å². The van der Waals surface area contributed by atoms with Crippen LogP contribution in [0.1, 0.15) is 19.5 Å². The molecule has 0 aliphatic carbocycles. The quantitative estimate of drug-likeness (QED) is 0.902. The number of benzene rings is 1. The molecule has 1 aromatic heterocycles. The molecule has 18 heavy (non-hydrogen) atoms. The smallest absolute Gasteiger partial charge is 0.345 e. The molecule has 0 saturated heterocycles. The maximum atomic E-state index is 11.3. The summed E-state index contributed by atoms with van der Waals surface area (Å²) >= 11 is 0. The summed E-state index contributed by atoms with van der Waals surface area (Å²) in [5.74, 6) is 0.815. The van der Waals surface area contributed by atoms with Gasteiger partial charge in [-0.1, -0.05) is 0 Å². The van der Waals surface area contributed by atoms with E-state index in [-0.39, 0.29) is 11.8 Å². The molecule has 0 radical (unpaired) electrons. The van der Waals surface area contributed by atoms with E-state index in [0.29, 0.717) is 5.69 Å². The zero-order valence-corrected chi connectivity index (χ0v) is 10.7. The first kappa shape index (κ1) is 12.4. The van der Waals surface area contributed by atoms with Gasteiger partial charge in [0.05, 0.1) is 11.8 Å². The molecule has 0 fully saturated rings. The number of nitrogens with zero attached hydrogens (tertiary/aromatic N) is 1. The summed E-state index contributed by atoms with van der Waals surface area (Å²) in [6, 6.07) is 9.42. The van der Waals surface area contributed by atoms with Crippen LogP contribution in [0.15, 0.2) is 35.1 Å². The molecule has 4 heteroatoms. The molecule has 1 N–H and O–H groups in total. The number of aromatic nitrogens is 2. The minimum atomic E-state index is -0.326. The fourth-order valence-electron chi connectivity index (χ4n) is 1.70.